The van der Waals surface area contributed by atoms with Crippen LogP contribution in [0.2, 0.25) is 0 Å². The highest BCUT2D eigenvalue weighted by Gasteiger charge is 2.24. The SMILES string of the molecule is CCOc1ccccc1N(CC(=O)Nc1ccc(C)c(C)c1)S(C)(=O)=O. The zero-order valence-corrected chi connectivity index (χ0v) is 16.3. The van der Waals surface area contributed by atoms with Crippen LogP contribution in [-0.4, -0.2) is 33.7 Å². The van der Waals surface area contributed by atoms with Crippen molar-refractivity contribution in [2.75, 3.05) is 29.0 Å². The number of carbonyl (C=O) groups is 1. The van der Waals surface area contributed by atoms with Gasteiger partial charge in [-0.3, -0.25) is 9.10 Å². The average Bonchev–Trinajstić information content (AvgIpc) is 2.56. The van der Waals surface area contributed by atoms with E-state index in [-0.39, 0.29) is 6.54 Å². The van der Waals surface area contributed by atoms with Crippen LogP contribution in [0.3, 0.4) is 0 Å². The molecule has 26 heavy (non-hydrogen) atoms. The molecule has 0 heterocycles. The summed E-state index contributed by atoms with van der Waals surface area (Å²) in [5, 5.41) is 2.75. The van der Waals surface area contributed by atoms with Crippen LogP contribution in [0.4, 0.5) is 11.4 Å². The monoisotopic (exact) mass is 376 g/mol. The van der Waals surface area contributed by atoms with Crippen LogP contribution >= 0.6 is 0 Å². The minimum Gasteiger partial charge on any atom is -0.492 e. The van der Waals surface area contributed by atoms with Gasteiger partial charge in [0.05, 0.1) is 18.6 Å². The number of nitrogens with one attached hydrogen (secondary N) is 1. The zero-order valence-electron chi connectivity index (χ0n) is 15.4. The summed E-state index contributed by atoms with van der Waals surface area (Å²) < 4.78 is 31.1. The van der Waals surface area contributed by atoms with Gasteiger partial charge in [-0.15, -0.1) is 0 Å². The van der Waals surface area contributed by atoms with Crippen LogP contribution in [-0.2, 0) is 14.8 Å². The second-order valence-corrected chi connectivity index (χ2v) is 7.92. The van der Waals surface area contributed by atoms with E-state index < -0.39 is 15.9 Å². The van der Waals surface area contributed by atoms with Gasteiger partial charge < -0.3 is 10.1 Å². The molecule has 0 unspecified atom stereocenters. The number of sulfonamides is 1. The summed E-state index contributed by atoms with van der Waals surface area (Å²) in [6, 6.07) is 12.3. The maximum absolute atomic E-state index is 12.5. The minimum atomic E-state index is -3.67. The van der Waals surface area contributed by atoms with Gasteiger partial charge in [0.2, 0.25) is 15.9 Å². The van der Waals surface area contributed by atoms with E-state index in [4.69, 9.17) is 4.74 Å². The molecule has 1 amide bonds. The van der Waals surface area contributed by atoms with Crippen molar-refractivity contribution in [3.8, 4) is 5.75 Å². The van der Waals surface area contributed by atoms with E-state index in [9.17, 15) is 13.2 Å². The first-order chi connectivity index (χ1) is 12.2. The Hall–Kier alpha value is -2.54. The van der Waals surface area contributed by atoms with Crippen LogP contribution in [0.15, 0.2) is 42.5 Å². The topological polar surface area (TPSA) is 75.7 Å². The molecule has 0 saturated heterocycles. The van der Waals surface area contributed by atoms with Gasteiger partial charge in [-0.25, -0.2) is 8.42 Å². The first kappa shape index (κ1) is 19.8. The first-order valence-corrected chi connectivity index (χ1v) is 10.1. The number of benzene rings is 2. The lowest BCUT2D eigenvalue weighted by Crippen LogP contribution is -2.37. The van der Waals surface area contributed by atoms with Crippen molar-refractivity contribution < 1.29 is 17.9 Å². The van der Waals surface area contributed by atoms with Crippen LogP contribution in [0.5, 0.6) is 5.75 Å². The Kier molecular flexibility index (Phi) is 6.26. The molecule has 1 N–H and O–H groups in total. The maximum Gasteiger partial charge on any atom is 0.245 e. The quantitative estimate of drug-likeness (QED) is 0.806. The lowest BCUT2D eigenvalue weighted by Gasteiger charge is -2.24. The zero-order chi connectivity index (χ0) is 19.3. The van der Waals surface area contributed by atoms with Gasteiger partial charge in [0.1, 0.15) is 12.3 Å². The van der Waals surface area contributed by atoms with Gasteiger partial charge in [-0.1, -0.05) is 18.2 Å². The van der Waals surface area contributed by atoms with Crippen molar-refractivity contribution in [2.24, 2.45) is 0 Å². The Labute approximate surface area is 154 Å². The predicted molar refractivity (Wildman–Crippen MR) is 104 cm³/mol. The van der Waals surface area contributed by atoms with E-state index >= 15 is 0 Å². The van der Waals surface area contributed by atoms with E-state index in [0.29, 0.717) is 23.7 Å². The molecule has 0 aliphatic carbocycles. The summed E-state index contributed by atoms with van der Waals surface area (Å²) in [5.74, 6) is -0.00983. The Bertz CT molecular complexity index is 894. The number of ether oxygens (including phenoxy) is 1. The summed E-state index contributed by atoms with van der Waals surface area (Å²) in [6.07, 6.45) is 1.07. The molecule has 7 heteroatoms. The van der Waals surface area contributed by atoms with Gasteiger partial charge in [0.25, 0.3) is 0 Å². The number of para-hydroxylation sites is 2. The molecule has 0 bridgehead atoms. The van der Waals surface area contributed by atoms with Crippen LogP contribution < -0.4 is 14.4 Å². The Morgan fingerprint density at radius 3 is 2.42 bits per heavy atom. The van der Waals surface area contributed by atoms with E-state index in [1.165, 1.54) is 0 Å². The first-order valence-electron chi connectivity index (χ1n) is 8.29. The van der Waals surface area contributed by atoms with Gasteiger partial charge in [-0.2, -0.15) is 0 Å². The fourth-order valence-electron chi connectivity index (χ4n) is 2.47. The van der Waals surface area contributed by atoms with E-state index in [0.717, 1.165) is 21.7 Å². The molecule has 0 saturated carbocycles. The Morgan fingerprint density at radius 2 is 1.81 bits per heavy atom. The molecule has 140 valence electrons. The second kappa shape index (κ2) is 8.23. The van der Waals surface area contributed by atoms with Crippen molar-refractivity contribution in [3.63, 3.8) is 0 Å². The summed E-state index contributed by atoms with van der Waals surface area (Å²) >= 11 is 0. The molecule has 2 aromatic carbocycles. The lowest BCUT2D eigenvalue weighted by atomic mass is 10.1. The number of aryl methyl sites for hydroxylation is 2. The Morgan fingerprint density at radius 1 is 1.12 bits per heavy atom. The van der Waals surface area contributed by atoms with Crippen LogP contribution in [0, 0.1) is 13.8 Å². The normalized spacial score (nSPS) is 11.1. The van der Waals surface area contributed by atoms with E-state index in [1.807, 2.05) is 32.9 Å². The maximum atomic E-state index is 12.5. The number of amides is 1. The molecular weight excluding hydrogens is 352 g/mol. The molecule has 2 rings (SSSR count). The molecule has 2 aromatic rings. The summed E-state index contributed by atoms with van der Waals surface area (Å²) in [4.78, 5) is 12.5. The molecule has 0 fully saturated rings. The van der Waals surface area contributed by atoms with Gasteiger partial charge in [-0.05, 0) is 56.2 Å². The number of carbonyl (C=O) groups excluding carboxylic acids is 1. The highest BCUT2D eigenvalue weighted by atomic mass is 32.2. The third-order valence-corrected chi connectivity index (χ3v) is 5.04. The molecule has 0 spiro atoms. The number of hydrogen-bond acceptors (Lipinski definition) is 4. The predicted octanol–water partition coefficient (Wildman–Crippen LogP) is 3.11. The third kappa shape index (κ3) is 4.98. The molecule has 0 radical (unpaired) electrons. The third-order valence-electron chi connectivity index (χ3n) is 3.91. The van der Waals surface area contributed by atoms with Gasteiger partial charge in [0.15, 0.2) is 0 Å². The Balaban J connectivity index is 2.26. The standard InChI is InChI=1S/C19H24N2O4S/c1-5-25-18-9-7-6-8-17(18)21(26(4,23)24)13-19(22)20-16-11-10-14(2)15(3)12-16/h6-12H,5,13H2,1-4H3,(H,20,22). The fourth-order valence-corrected chi connectivity index (χ4v) is 3.33. The molecule has 0 aliphatic heterocycles. The van der Waals surface area contributed by atoms with Crippen molar-refractivity contribution >= 4 is 27.3 Å². The molecule has 0 aromatic heterocycles. The highest BCUT2D eigenvalue weighted by molar-refractivity contribution is 7.92. The largest absolute Gasteiger partial charge is 0.492 e. The van der Waals surface area contributed by atoms with Crippen molar-refractivity contribution in [3.05, 3.63) is 53.6 Å². The molecule has 0 aliphatic rings. The summed E-state index contributed by atoms with van der Waals surface area (Å²) in [5.41, 5.74) is 3.13. The molecular formula is C19H24N2O4S. The smallest absolute Gasteiger partial charge is 0.245 e. The second-order valence-electron chi connectivity index (χ2n) is 6.02. The van der Waals surface area contributed by atoms with Gasteiger partial charge >= 0.3 is 0 Å². The highest BCUT2D eigenvalue weighted by Crippen LogP contribution is 2.29. The number of anilines is 2. The minimum absolute atomic E-state index is 0.337. The van der Waals surface area contributed by atoms with Crippen molar-refractivity contribution in [1.29, 1.82) is 0 Å². The van der Waals surface area contributed by atoms with E-state index in [1.54, 1.807) is 30.3 Å². The van der Waals surface area contributed by atoms with E-state index in [2.05, 4.69) is 5.32 Å². The van der Waals surface area contributed by atoms with Gasteiger partial charge in [0, 0.05) is 5.69 Å². The molecule has 6 nitrogen and oxygen atoms in total. The lowest BCUT2D eigenvalue weighted by molar-refractivity contribution is -0.114. The van der Waals surface area contributed by atoms with Crippen molar-refractivity contribution in [1.82, 2.24) is 0 Å². The summed E-state index contributed by atoms with van der Waals surface area (Å²) in [7, 11) is -3.67. The number of rotatable bonds is 7. The van der Waals surface area contributed by atoms with Crippen molar-refractivity contribution in [2.45, 2.75) is 20.8 Å². The summed E-state index contributed by atoms with van der Waals surface area (Å²) in [6.45, 7) is 5.80. The van der Waals surface area contributed by atoms with Crippen LogP contribution in [0.25, 0.3) is 0 Å². The fraction of sp³-hybridized carbons (Fsp3) is 0.316. The average molecular weight is 376 g/mol. The number of nitrogens with zero attached hydrogens (tertiary/aromatic N) is 1. The van der Waals surface area contributed by atoms with Crippen LogP contribution in [0.1, 0.15) is 18.1 Å². The molecule has 0 atom stereocenters. The number of hydrogen-bond donors (Lipinski definition) is 1.